The van der Waals surface area contributed by atoms with E-state index in [0.717, 1.165) is 35.0 Å². The summed E-state index contributed by atoms with van der Waals surface area (Å²) in [4.78, 5) is 12.2. The molecule has 0 saturated carbocycles. The molecule has 0 amide bonds. The Morgan fingerprint density at radius 2 is 2.08 bits per heavy atom. The molecule has 0 unspecified atom stereocenters. The van der Waals surface area contributed by atoms with Gasteiger partial charge in [-0.25, -0.2) is 4.52 Å². The van der Waals surface area contributed by atoms with Gasteiger partial charge in [0.1, 0.15) is 17.5 Å². The maximum absolute atomic E-state index is 12.2. The maximum Gasteiger partial charge on any atom is 0.163 e. The molecule has 2 heterocycles. The molecule has 0 radical (unpaired) electrons. The van der Waals surface area contributed by atoms with Crippen molar-refractivity contribution in [2.75, 3.05) is 5.73 Å². The summed E-state index contributed by atoms with van der Waals surface area (Å²) in [5.74, 6) is 0.256. The van der Waals surface area contributed by atoms with Crippen molar-refractivity contribution in [1.82, 2.24) is 9.61 Å². The zero-order valence-corrected chi connectivity index (χ0v) is 13.6. The fraction of sp³-hybridized carbons (Fsp3) is 0.211. The number of nitrogens with zero attached hydrogens (tertiary/aromatic N) is 3. The van der Waals surface area contributed by atoms with Crippen LogP contribution in [0.1, 0.15) is 39.7 Å². The number of Topliss-reactive ketones (excluding diaryl/α,β-unsaturated/α-hetero) is 1. The molecule has 0 spiro atoms. The number of carbonyl (C=O) groups is 1. The number of benzene rings is 1. The van der Waals surface area contributed by atoms with Gasteiger partial charge in [-0.2, -0.15) is 10.4 Å². The zero-order valence-electron chi connectivity index (χ0n) is 13.6. The van der Waals surface area contributed by atoms with Gasteiger partial charge in [-0.15, -0.1) is 0 Å². The molecule has 0 saturated heterocycles. The summed E-state index contributed by atoms with van der Waals surface area (Å²) in [7, 11) is 0. The Hall–Kier alpha value is -3.13. The summed E-state index contributed by atoms with van der Waals surface area (Å²) >= 11 is 0. The maximum atomic E-state index is 12.2. The highest BCUT2D eigenvalue weighted by atomic mass is 16.1. The van der Waals surface area contributed by atoms with Gasteiger partial charge in [-0.05, 0) is 43.4 Å². The third kappa shape index (κ3) is 1.74. The molecule has 1 aromatic carbocycles. The fourth-order valence-corrected chi connectivity index (χ4v) is 3.80. The van der Waals surface area contributed by atoms with Crippen molar-refractivity contribution < 1.29 is 4.79 Å². The Morgan fingerprint density at radius 3 is 2.79 bits per heavy atom. The van der Waals surface area contributed by atoms with E-state index < -0.39 is 0 Å². The van der Waals surface area contributed by atoms with Gasteiger partial charge in [0.05, 0.1) is 16.8 Å². The second kappa shape index (κ2) is 4.93. The quantitative estimate of drug-likeness (QED) is 0.699. The zero-order chi connectivity index (χ0) is 17.0. The van der Waals surface area contributed by atoms with Crippen LogP contribution in [-0.4, -0.2) is 15.4 Å². The van der Waals surface area contributed by atoms with Crippen LogP contribution in [-0.2, 0) is 12.8 Å². The monoisotopic (exact) mass is 316 g/mol. The van der Waals surface area contributed by atoms with E-state index in [0.29, 0.717) is 22.6 Å². The van der Waals surface area contributed by atoms with Crippen LogP contribution in [0.4, 0.5) is 5.82 Å². The van der Waals surface area contributed by atoms with Gasteiger partial charge in [0.15, 0.2) is 5.78 Å². The molecule has 1 aliphatic carbocycles. The Bertz CT molecular complexity index is 1070. The number of hydrogen-bond acceptors (Lipinski definition) is 4. The van der Waals surface area contributed by atoms with Gasteiger partial charge in [0.25, 0.3) is 0 Å². The topological polar surface area (TPSA) is 84.2 Å². The molecule has 1 aliphatic rings. The predicted molar refractivity (Wildman–Crippen MR) is 91.9 cm³/mol. The minimum Gasteiger partial charge on any atom is -0.383 e. The van der Waals surface area contributed by atoms with E-state index in [1.807, 2.05) is 18.2 Å². The van der Waals surface area contributed by atoms with Crippen molar-refractivity contribution in [1.29, 1.82) is 5.26 Å². The van der Waals surface area contributed by atoms with Gasteiger partial charge in [-0.1, -0.05) is 24.3 Å². The van der Waals surface area contributed by atoms with Crippen LogP contribution in [0.5, 0.6) is 0 Å². The van der Waals surface area contributed by atoms with E-state index in [2.05, 4.69) is 17.2 Å². The van der Waals surface area contributed by atoms with Crippen LogP contribution in [0.2, 0.25) is 0 Å². The van der Waals surface area contributed by atoms with Gasteiger partial charge < -0.3 is 5.73 Å². The van der Waals surface area contributed by atoms with Gasteiger partial charge >= 0.3 is 0 Å². The van der Waals surface area contributed by atoms with Gasteiger partial charge in [0, 0.05) is 5.56 Å². The number of nitrogens with two attached hydrogens (primary N) is 1. The van der Waals surface area contributed by atoms with Gasteiger partial charge in [0.2, 0.25) is 0 Å². The Balaban J connectivity index is 2.25. The fourth-order valence-electron chi connectivity index (χ4n) is 3.80. The molecule has 2 aromatic heterocycles. The molecule has 0 fully saturated rings. The second-order valence-electron chi connectivity index (χ2n) is 6.16. The number of nitrogen functional groups attached to an aromatic ring is 1. The molecule has 24 heavy (non-hydrogen) atoms. The molecule has 4 rings (SSSR count). The second-order valence-corrected chi connectivity index (χ2v) is 6.16. The first kappa shape index (κ1) is 14.5. The lowest BCUT2D eigenvalue weighted by molar-refractivity contribution is 0.101. The minimum atomic E-state index is -0.0346. The number of carbonyl (C=O) groups excluding carboxylic acids is 1. The van der Waals surface area contributed by atoms with Crippen molar-refractivity contribution in [3.05, 3.63) is 52.2 Å². The van der Waals surface area contributed by atoms with Gasteiger partial charge in [-0.3, -0.25) is 4.79 Å². The molecule has 118 valence electrons. The number of aromatic nitrogens is 2. The van der Waals surface area contributed by atoms with E-state index in [4.69, 9.17) is 5.73 Å². The van der Waals surface area contributed by atoms with Crippen LogP contribution < -0.4 is 5.73 Å². The minimum absolute atomic E-state index is 0.0346. The summed E-state index contributed by atoms with van der Waals surface area (Å²) in [6.07, 6.45) is 1.63. The normalized spacial score (nSPS) is 12.5. The first-order valence-electron chi connectivity index (χ1n) is 7.87. The molecule has 3 aromatic rings. The van der Waals surface area contributed by atoms with Crippen molar-refractivity contribution in [3.63, 3.8) is 0 Å². The standard InChI is InChI=1S/C19H16N4O/c1-10-16(11(2)24)18-14-8-7-12-5-3-4-6-13(12)17(14)15(9-20)19(21)23(18)22-10/h3-6H,7-8,21H2,1-2H3. The number of anilines is 1. The van der Waals surface area contributed by atoms with E-state index in [-0.39, 0.29) is 5.78 Å². The molecule has 0 atom stereocenters. The molecular formula is C19H16N4O. The number of nitriles is 1. The summed E-state index contributed by atoms with van der Waals surface area (Å²) in [5, 5.41) is 14.1. The third-order valence-corrected chi connectivity index (χ3v) is 4.78. The van der Waals surface area contributed by atoms with E-state index >= 15 is 0 Å². The van der Waals surface area contributed by atoms with E-state index in [1.165, 1.54) is 5.56 Å². The highest BCUT2D eigenvalue weighted by Gasteiger charge is 2.28. The summed E-state index contributed by atoms with van der Waals surface area (Å²) in [6.45, 7) is 3.35. The van der Waals surface area contributed by atoms with Crippen molar-refractivity contribution in [2.24, 2.45) is 0 Å². The van der Waals surface area contributed by atoms with E-state index in [1.54, 1.807) is 18.4 Å². The molecule has 5 nitrogen and oxygen atoms in total. The highest BCUT2D eigenvalue weighted by molar-refractivity contribution is 6.05. The van der Waals surface area contributed by atoms with E-state index in [9.17, 15) is 10.1 Å². The predicted octanol–water partition coefficient (Wildman–Crippen LogP) is 3.06. The number of hydrogen-bond donors (Lipinski definition) is 1. The number of ketones is 1. The number of fused-ring (bicyclic) bond motifs is 5. The van der Waals surface area contributed by atoms with Crippen LogP contribution in [0.25, 0.3) is 16.6 Å². The lowest BCUT2D eigenvalue weighted by Gasteiger charge is -2.23. The Kier molecular flexibility index (Phi) is 2.97. The highest BCUT2D eigenvalue weighted by Crippen LogP contribution is 2.41. The van der Waals surface area contributed by atoms with Crippen LogP contribution >= 0.6 is 0 Å². The van der Waals surface area contributed by atoms with Crippen LogP contribution in [0.3, 0.4) is 0 Å². The molecule has 0 aliphatic heterocycles. The first-order valence-corrected chi connectivity index (χ1v) is 7.87. The van der Waals surface area contributed by atoms with Crippen molar-refractivity contribution in [3.8, 4) is 17.2 Å². The number of rotatable bonds is 1. The first-order chi connectivity index (χ1) is 11.5. The summed E-state index contributed by atoms with van der Waals surface area (Å²) in [5.41, 5.74) is 12.8. The largest absolute Gasteiger partial charge is 0.383 e. The van der Waals surface area contributed by atoms with Crippen LogP contribution in [0.15, 0.2) is 24.3 Å². The number of pyridine rings is 1. The van der Waals surface area contributed by atoms with Crippen molar-refractivity contribution >= 4 is 17.1 Å². The average Bonchev–Trinajstić information content (AvgIpc) is 2.93. The summed E-state index contributed by atoms with van der Waals surface area (Å²) in [6, 6.07) is 10.3. The molecular weight excluding hydrogens is 300 g/mol. The molecule has 2 N–H and O–H groups in total. The average molecular weight is 316 g/mol. The SMILES string of the molecule is CC(=O)c1c(C)nn2c(N)c(C#N)c3c(c12)CCc1ccccc1-3. The Labute approximate surface area is 139 Å². The summed E-state index contributed by atoms with van der Waals surface area (Å²) < 4.78 is 1.57. The lowest BCUT2D eigenvalue weighted by atomic mass is 9.82. The van der Waals surface area contributed by atoms with Crippen molar-refractivity contribution in [2.45, 2.75) is 26.7 Å². The smallest absolute Gasteiger partial charge is 0.163 e. The Morgan fingerprint density at radius 1 is 1.33 bits per heavy atom. The third-order valence-electron chi connectivity index (χ3n) is 4.78. The lowest BCUT2D eigenvalue weighted by Crippen LogP contribution is -2.13. The number of aryl methyl sites for hydroxylation is 3. The molecule has 5 heteroatoms. The van der Waals surface area contributed by atoms with Crippen LogP contribution in [0, 0.1) is 18.3 Å². The molecule has 0 bridgehead atoms.